The molecule has 0 atom stereocenters. The number of thioether (sulfide) groups is 1. The van der Waals surface area contributed by atoms with Gasteiger partial charge in [0.2, 0.25) is 5.91 Å². The maximum absolute atomic E-state index is 13.0. The predicted octanol–water partition coefficient (Wildman–Crippen LogP) is 6.40. The van der Waals surface area contributed by atoms with Crippen LogP contribution >= 0.6 is 23.1 Å². The van der Waals surface area contributed by atoms with Crippen LogP contribution in [0.15, 0.2) is 42.1 Å². The molecule has 0 unspecified atom stereocenters. The first kappa shape index (κ1) is 28.9. The van der Waals surface area contributed by atoms with E-state index in [0.29, 0.717) is 47.2 Å². The first-order valence-electron chi connectivity index (χ1n) is 13.4. The summed E-state index contributed by atoms with van der Waals surface area (Å²) in [6, 6.07) is 7.76. The molecule has 2 heterocycles. The van der Waals surface area contributed by atoms with Crippen molar-refractivity contribution in [2.45, 2.75) is 64.6 Å². The van der Waals surface area contributed by atoms with Gasteiger partial charge in [-0.25, -0.2) is 4.79 Å². The minimum atomic E-state index is -0.365. The third kappa shape index (κ3) is 7.30. The zero-order valence-corrected chi connectivity index (χ0v) is 24.5. The van der Waals surface area contributed by atoms with Gasteiger partial charge in [-0.1, -0.05) is 38.1 Å². The lowest BCUT2D eigenvalue weighted by molar-refractivity contribution is -0.113. The number of hydrogen-bond acceptors (Lipinski definition) is 8. The Morgan fingerprint density at radius 2 is 1.95 bits per heavy atom. The predicted molar refractivity (Wildman–Crippen MR) is 157 cm³/mol. The number of nitrogens with one attached hydrogen (secondary N) is 1. The molecule has 1 aliphatic carbocycles. The number of anilines is 1. The molecule has 3 aromatic rings. The summed E-state index contributed by atoms with van der Waals surface area (Å²) < 4.78 is 13.1. The molecule has 10 heteroatoms. The summed E-state index contributed by atoms with van der Waals surface area (Å²) in [6.07, 6.45) is 6.81. The second kappa shape index (κ2) is 13.8. The van der Waals surface area contributed by atoms with Crippen molar-refractivity contribution < 1.29 is 19.1 Å². The number of hydrogen-bond donors (Lipinski definition) is 1. The molecule has 1 amide bonds. The molecule has 1 aromatic carbocycles. The van der Waals surface area contributed by atoms with Crippen molar-refractivity contribution in [2.24, 2.45) is 5.92 Å². The summed E-state index contributed by atoms with van der Waals surface area (Å²) in [4.78, 5) is 27.0. The average molecular weight is 569 g/mol. The molecular formula is C29H36N4O4S2. The highest BCUT2D eigenvalue weighted by atomic mass is 32.2. The Balaban J connectivity index is 1.47. The van der Waals surface area contributed by atoms with Crippen molar-refractivity contribution in [3.8, 4) is 17.1 Å². The summed E-state index contributed by atoms with van der Waals surface area (Å²) in [7, 11) is 0. The van der Waals surface area contributed by atoms with Gasteiger partial charge in [0.05, 0.1) is 24.5 Å². The van der Waals surface area contributed by atoms with Crippen LogP contribution in [-0.4, -0.2) is 45.6 Å². The van der Waals surface area contributed by atoms with Gasteiger partial charge < -0.3 is 14.8 Å². The zero-order valence-electron chi connectivity index (χ0n) is 22.8. The van der Waals surface area contributed by atoms with Crippen LogP contribution in [0, 0.1) is 5.92 Å². The molecule has 8 nitrogen and oxygen atoms in total. The molecule has 0 saturated carbocycles. The fraction of sp³-hybridized carbons (Fsp3) is 0.448. The number of rotatable bonds is 12. The molecule has 0 fully saturated rings. The van der Waals surface area contributed by atoms with Gasteiger partial charge in [0.1, 0.15) is 10.8 Å². The molecule has 0 bridgehead atoms. The lowest BCUT2D eigenvalue weighted by atomic mass is 10.1. The maximum Gasteiger partial charge on any atom is 0.341 e. The molecule has 0 aliphatic heterocycles. The van der Waals surface area contributed by atoms with Gasteiger partial charge in [-0.3, -0.25) is 9.36 Å². The van der Waals surface area contributed by atoms with E-state index < -0.39 is 0 Å². The fourth-order valence-corrected chi connectivity index (χ4v) is 6.45. The third-order valence-corrected chi connectivity index (χ3v) is 8.38. The molecule has 208 valence electrons. The number of benzene rings is 1. The van der Waals surface area contributed by atoms with Crippen LogP contribution in [0.3, 0.4) is 0 Å². The van der Waals surface area contributed by atoms with Crippen LogP contribution < -0.4 is 10.1 Å². The number of aromatic nitrogens is 3. The van der Waals surface area contributed by atoms with E-state index in [-0.39, 0.29) is 17.6 Å². The zero-order chi connectivity index (χ0) is 27.8. The van der Waals surface area contributed by atoms with Gasteiger partial charge in [0.25, 0.3) is 0 Å². The van der Waals surface area contributed by atoms with Crippen molar-refractivity contribution in [1.82, 2.24) is 14.8 Å². The number of amides is 1. The van der Waals surface area contributed by atoms with E-state index in [2.05, 4.69) is 35.9 Å². The highest BCUT2D eigenvalue weighted by Crippen LogP contribution is 2.38. The van der Waals surface area contributed by atoms with E-state index in [9.17, 15) is 9.59 Å². The van der Waals surface area contributed by atoms with Crippen molar-refractivity contribution in [3.05, 3.63) is 52.9 Å². The van der Waals surface area contributed by atoms with Crippen molar-refractivity contribution >= 4 is 40.0 Å². The summed E-state index contributed by atoms with van der Waals surface area (Å²) in [5, 5.41) is 12.9. The summed E-state index contributed by atoms with van der Waals surface area (Å²) >= 11 is 2.80. The molecule has 39 heavy (non-hydrogen) atoms. The summed E-state index contributed by atoms with van der Waals surface area (Å²) in [5.41, 5.74) is 2.46. The molecule has 0 saturated heterocycles. The van der Waals surface area contributed by atoms with Gasteiger partial charge in [0.15, 0.2) is 11.0 Å². The molecule has 2 aromatic heterocycles. The quantitative estimate of drug-likeness (QED) is 0.117. The van der Waals surface area contributed by atoms with Crippen LogP contribution in [-0.2, 0) is 28.9 Å². The smallest absolute Gasteiger partial charge is 0.341 e. The number of carbonyl (C=O) groups excluding carboxylic acids is 2. The van der Waals surface area contributed by atoms with E-state index in [4.69, 9.17) is 9.47 Å². The fourth-order valence-electron chi connectivity index (χ4n) is 4.41. The number of thiophene rings is 1. The van der Waals surface area contributed by atoms with Gasteiger partial charge >= 0.3 is 5.97 Å². The Labute approximate surface area is 238 Å². The third-order valence-electron chi connectivity index (χ3n) is 6.21. The largest absolute Gasteiger partial charge is 0.493 e. The normalized spacial score (nSPS) is 13.0. The SMILES string of the molecule is C=CCn1c(SCC(=O)Nc2sc3c(c2C(=O)OCC)CCCCC3)nnc1-c1ccc(OCC(C)C)cc1. The number of carbonyl (C=O) groups is 2. The number of nitrogens with zero attached hydrogens (tertiary/aromatic N) is 3. The minimum Gasteiger partial charge on any atom is -0.493 e. The maximum atomic E-state index is 13.0. The standard InChI is InChI=1S/C29H36N4O4S2/c1-5-16-33-26(20-12-14-21(15-13-20)37-17-19(3)4)31-32-29(33)38-18-24(34)30-27-25(28(35)36-6-2)22-10-8-7-9-11-23(22)39-27/h5,12-15,19H,1,6-11,16-18H2,2-4H3,(H,30,34). The van der Waals surface area contributed by atoms with Gasteiger partial charge in [0, 0.05) is 17.0 Å². The van der Waals surface area contributed by atoms with Crippen LogP contribution in [0.25, 0.3) is 11.4 Å². The van der Waals surface area contributed by atoms with E-state index in [1.807, 2.05) is 28.8 Å². The molecule has 1 aliphatic rings. The molecule has 0 radical (unpaired) electrons. The Morgan fingerprint density at radius 1 is 1.18 bits per heavy atom. The Kier molecular flexibility index (Phi) is 10.2. The monoisotopic (exact) mass is 568 g/mol. The molecule has 4 rings (SSSR count). The molecule has 0 spiro atoms. The first-order valence-corrected chi connectivity index (χ1v) is 15.2. The second-order valence-electron chi connectivity index (χ2n) is 9.76. The highest BCUT2D eigenvalue weighted by molar-refractivity contribution is 7.99. The second-order valence-corrected chi connectivity index (χ2v) is 11.8. The van der Waals surface area contributed by atoms with E-state index in [1.54, 1.807) is 13.0 Å². The van der Waals surface area contributed by atoms with Crippen molar-refractivity contribution in [2.75, 3.05) is 24.3 Å². The topological polar surface area (TPSA) is 95.3 Å². The van der Waals surface area contributed by atoms with Gasteiger partial charge in [-0.05, 0) is 68.4 Å². The number of aryl methyl sites for hydroxylation is 1. The van der Waals surface area contributed by atoms with E-state index in [0.717, 1.165) is 49.0 Å². The minimum absolute atomic E-state index is 0.127. The summed E-state index contributed by atoms with van der Waals surface area (Å²) in [6.45, 7) is 11.3. The first-order chi connectivity index (χ1) is 18.9. The van der Waals surface area contributed by atoms with Crippen LogP contribution in [0.4, 0.5) is 5.00 Å². The molecule has 1 N–H and O–H groups in total. The Bertz CT molecular complexity index is 1300. The van der Waals surface area contributed by atoms with E-state index in [1.165, 1.54) is 28.0 Å². The average Bonchev–Trinajstić information content (AvgIpc) is 3.39. The molecular weight excluding hydrogens is 532 g/mol. The highest BCUT2D eigenvalue weighted by Gasteiger charge is 2.27. The van der Waals surface area contributed by atoms with Gasteiger partial charge in [-0.15, -0.1) is 28.1 Å². The van der Waals surface area contributed by atoms with Crippen LogP contribution in [0.5, 0.6) is 5.75 Å². The van der Waals surface area contributed by atoms with E-state index >= 15 is 0 Å². The summed E-state index contributed by atoms with van der Waals surface area (Å²) in [5.74, 6) is 1.51. The Hall–Kier alpha value is -3.11. The van der Waals surface area contributed by atoms with Crippen LogP contribution in [0.1, 0.15) is 60.8 Å². The van der Waals surface area contributed by atoms with Crippen molar-refractivity contribution in [3.63, 3.8) is 0 Å². The lowest BCUT2D eigenvalue weighted by Crippen LogP contribution is -2.17. The lowest BCUT2D eigenvalue weighted by Gasteiger charge is -2.10. The Morgan fingerprint density at radius 3 is 2.67 bits per heavy atom. The number of fused-ring (bicyclic) bond motifs is 1. The number of ether oxygens (including phenoxy) is 2. The number of esters is 1. The van der Waals surface area contributed by atoms with Crippen LogP contribution in [0.2, 0.25) is 0 Å². The van der Waals surface area contributed by atoms with Crippen molar-refractivity contribution in [1.29, 1.82) is 0 Å². The number of allylic oxidation sites excluding steroid dienone is 1. The van der Waals surface area contributed by atoms with Gasteiger partial charge in [-0.2, -0.15) is 0 Å².